The van der Waals surface area contributed by atoms with E-state index in [1.54, 1.807) is 28.6 Å². The van der Waals surface area contributed by atoms with Gasteiger partial charge in [0.25, 0.3) is 5.91 Å². The number of benzene rings is 3. The maximum absolute atomic E-state index is 14.5. The molecule has 1 atom stereocenters. The van der Waals surface area contributed by atoms with E-state index >= 15 is 0 Å². The maximum atomic E-state index is 14.5. The number of hydrogen-bond acceptors (Lipinski definition) is 7. The van der Waals surface area contributed by atoms with Crippen LogP contribution in [0.3, 0.4) is 0 Å². The molecule has 2 heterocycles. The Kier molecular flexibility index (Phi) is 10.4. The molecule has 5 rings (SSSR count). The van der Waals surface area contributed by atoms with Gasteiger partial charge in [-0.05, 0) is 97.1 Å². The number of fused-ring (bicyclic) bond motifs is 1. The number of carbonyl (C=O) groups excluding carboxylic acids is 1. The molecule has 0 spiro atoms. The first kappa shape index (κ1) is 32.8. The van der Waals surface area contributed by atoms with E-state index in [-0.39, 0.29) is 23.1 Å². The molecule has 45 heavy (non-hydrogen) atoms. The van der Waals surface area contributed by atoms with Gasteiger partial charge in [-0.1, -0.05) is 48.5 Å². The first-order valence-electron chi connectivity index (χ1n) is 14.6. The van der Waals surface area contributed by atoms with Crippen LogP contribution in [0.25, 0.3) is 0 Å². The molecular formula is C33H34BrClFN5O3S. The van der Waals surface area contributed by atoms with Crippen molar-refractivity contribution in [1.29, 1.82) is 0 Å². The molecule has 1 amide bonds. The second-order valence-corrected chi connectivity index (χ2v) is 12.9. The van der Waals surface area contributed by atoms with Gasteiger partial charge in [-0.25, -0.2) is 9.07 Å². The summed E-state index contributed by atoms with van der Waals surface area (Å²) in [5.74, 6) is 1.46. The predicted octanol–water partition coefficient (Wildman–Crippen LogP) is 8.86. The summed E-state index contributed by atoms with van der Waals surface area (Å²) in [5, 5.41) is 12.1. The minimum Gasteiger partial charge on any atom is -0.490 e. The zero-order chi connectivity index (χ0) is 32.2. The zero-order valence-electron chi connectivity index (χ0n) is 25.6. The van der Waals surface area contributed by atoms with Crippen molar-refractivity contribution in [1.82, 2.24) is 14.8 Å². The summed E-state index contributed by atoms with van der Waals surface area (Å²) in [7, 11) is 0. The molecule has 1 unspecified atom stereocenters. The summed E-state index contributed by atoms with van der Waals surface area (Å²) >= 11 is 11.5. The van der Waals surface area contributed by atoms with Crippen LogP contribution in [0.2, 0.25) is 5.02 Å². The second-order valence-electron chi connectivity index (χ2n) is 10.5. The van der Waals surface area contributed by atoms with Gasteiger partial charge in [-0.2, -0.15) is 4.98 Å². The zero-order valence-corrected chi connectivity index (χ0v) is 28.8. The van der Waals surface area contributed by atoms with Gasteiger partial charge in [0.15, 0.2) is 11.5 Å². The normalized spacial score (nSPS) is 14.2. The van der Waals surface area contributed by atoms with Crippen molar-refractivity contribution < 1.29 is 18.7 Å². The van der Waals surface area contributed by atoms with Crippen molar-refractivity contribution in [3.05, 3.63) is 97.4 Å². The molecule has 0 aliphatic carbocycles. The van der Waals surface area contributed by atoms with Crippen LogP contribution in [0.1, 0.15) is 55.5 Å². The molecule has 0 bridgehead atoms. The number of thioether (sulfide) groups is 1. The number of hydrogen-bond donors (Lipinski definition) is 2. The quantitative estimate of drug-likeness (QED) is 0.150. The molecule has 0 saturated heterocycles. The van der Waals surface area contributed by atoms with E-state index in [0.29, 0.717) is 50.5 Å². The number of amides is 1. The highest BCUT2D eigenvalue weighted by Gasteiger charge is 2.36. The molecule has 8 nitrogen and oxygen atoms in total. The Bertz CT molecular complexity index is 1760. The minimum absolute atomic E-state index is 0.107. The van der Waals surface area contributed by atoms with E-state index in [9.17, 15) is 9.18 Å². The van der Waals surface area contributed by atoms with Crippen LogP contribution in [0.5, 0.6) is 11.5 Å². The lowest BCUT2D eigenvalue weighted by Crippen LogP contribution is -2.31. The number of ether oxygens (including phenoxy) is 2. The SMILES string of the molecule is CCCSc1nc2n(n1)C(c1cc(Br)c(OCc3c(F)cccc3Cl)c(OCC)c1)C(C(=O)Nc1cccc(C)c1C)=C(C)N2. The second kappa shape index (κ2) is 14.3. The van der Waals surface area contributed by atoms with Crippen LogP contribution in [-0.2, 0) is 11.4 Å². The third kappa shape index (κ3) is 7.00. The molecule has 1 aliphatic heterocycles. The first-order valence-corrected chi connectivity index (χ1v) is 16.7. The Morgan fingerprint density at radius 1 is 1.16 bits per heavy atom. The Morgan fingerprint density at radius 3 is 2.67 bits per heavy atom. The molecule has 0 fully saturated rings. The molecule has 4 aromatic rings. The Labute approximate surface area is 279 Å². The van der Waals surface area contributed by atoms with Gasteiger partial charge < -0.3 is 20.1 Å². The minimum atomic E-state index is -0.652. The van der Waals surface area contributed by atoms with E-state index in [1.165, 1.54) is 6.07 Å². The highest BCUT2D eigenvalue weighted by Crippen LogP contribution is 2.44. The van der Waals surface area contributed by atoms with Gasteiger partial charge >= 0.3 is 0 Å². The van der Waals surface area contributed by atoms with Gasteiger partial charge in [0.2, 0.25) is 11.1 Å². The molecule has 1 aliphatic rings. The van der Waals surface area contributed by atoms with Crippen LogP contribution < -0.4 is 20.1 Å². The van der Waals surface area contributed by atoms with Crippen molar-refractivity contribution in [2.45, 2.75) is 58.8 Å². The average molecular weight is 715 g/mol. The van der Waals surface area contributed by atoms with Crippen molar-refractivity contribution in [2.75, 3.05) is 23.0 Å². The van der Waals surface area contributed by atoms with Crippen LogP contribution >= 0.6 is 39.3 Å². The first-order chi connectivity index (χ1) is 21.6. The van der Waals surface area contributed by atoms with Crippen LogP contribution in [0.15, 0.2) is 69.4 Å². The molecule has 2 N–H and O–H groups in total. The fourth-order valence-corrected chi connectivity index (χ4v) is 6.50. The van der Waals surface area contributed by atoms with Gasteiger partial charge in [-0.3, -0.25) is 4.79 Å². The molecule has 0 radical (unpaired) electrons. The van der Waals surface area contributed by atoms with Crippen molar-refractivity contribution in [3.63, 3.8) is 0 Å². The summed E-state index contributed by atoms with van der Waals surface area (Å²) in [5.41, 5.74) is 4.87. The van der Waals surface area contributed by atoms with Gasteiger partial charge in [0, 0.05) is 22.7 Å². The summed E-state index contributed by atoms with van der Waals surface area (Å²) in [6.45, 7) is 10.0. The lowest BCUT2D eigenvalue weighted by atomic mass is 9.94. The van der Waals surface area contributed by atoms with Crippen LogP contribution in [0.4, 0.5) is 16.0 Å². The maximum Gasteiger partial charge on any atom is 0.255 e. The van der Waals surface area contributed by atoms with E-state index in [2.05, 4.69) is 33.5 Å². The Morgan fingerprint density at radius 2 is 1.93 bits per heavy atom. The number of nitrogens with one attached hydrogen (secondary N) is 2. The lowest BCUT2D eigenvalue weighted by molar-refractivity contribution is -0.113. The summed E-state index contributed by atoms with van der Waals surface area (Å²) in [6.07, 6.45) is 0.969. The molecule has 0 saturated carbocycles. The average Bonchev–Trinajstić information content (AvgIpc) is 3.40. The number of aromatic nitrogens is 3. The summed E-state index contributed by atoms with van der Waals surface area (Å²) in [6, 6.07) is 13.3. The molecule has 1 aromatic heterocycles. The van der Waals surface area contributed by atoms with E-state index in [1.807, 2.05) is 58.0 Å². The molecule has 3 aromatic carbocycles. The smallest absolute Gasteiger partial charge is 0.255 e. The Hall–Kier alpha value is -3.54. The van der Waals surface area contributed by atoms with Crippen molar-refractivity contribution in [3.8, 4) is 11.5 Å². The van der Waals surface area contributed by atoms with Crippen LogP contribution in [0, 0.1) is 19.7 Å². The fourth-order valence-electron chi connectivity index (χ4n) is 5.03. The van der Waals surface area contributed by atoms with Gasteiger partial charge in [-0.15, -0.1) is 5.10 Å². The Balaban J connectivity index is 1.59. The number of nitrogens with zero attached hydrogens (tertiary/aromatic N) is 3. The number of carbonyl (C=O) groups is 1. The van der Waals surface area contributed by atoms with Gasteiger partial charge in [0.1, 0.15) is 18.5 Å². The summed E-state index contributed by atoms with van der Waals surface area (Å²) < 4.78 is 28.9. The molecule has 236 valence electrons. The fraction of sp³-hybridized carbons (Fsp3) is 0.303. The molecular weight excluding hydrogens is 681 g/mol. The lowest BCUT2D eigenvalue weighted by Gasteiger charge is -2.29. The van der Waals surface area contributed by atoms with Crippen LogP contribution in [-0.4, -0.2) is 33.0 Å². The van der Waals surface area contributed by atoms with E-state index < -0.39 is 11.9 Å². The highest BCUT2D eigenvalue weighted by molar-refractivity contribution is 9.10. The third-order valence-electron chi connectivity index (χ3n) is 7.44. The van der Waals surface area contributed by atoms with Gasteiger partial charge in [0.05, 0.1) is 21.7 Å². The van der Waals surface area contributed by atoms with Crippen molar-refractivity contribution >= 4 is 56.8 Å². The largest absolute Gasteiger partial charge is 0.490 e. The summed E-state index contributed by atoms with van der Waals surface area (Å²) in [4.78, 5) is 18.8. The number of anilines is 2. The number of allylic oxidation sites excluding steroid dienone is 1. The van der Waals surface area contributed by atoms with E-state index in [0.717, 1.165) is 29.0 Å². The number of rotatable bonds is 11. The number of aryl methyl sites for hydroxylation is 1. The predicted molar refractivity (Wildman–Crippen MR) is 181 cm³/mol. The standard InChI is InChI=1S/C33H34BrClFN5O3S/c1-6-14-45-33-39-32-37-20(5)28(31(42)38-26-13-8-10-18(3)19(26)4)29(41(32)40-33)21-15-23(34)30(27(16-21)43-7-2)44-17-22-24(35)11-9-12-25(22)36/h8-13,15-16,29H,6-7,14,17H2,1-5H3,(H,38,42)(H,37,39,40). The topological polar surface area (TPSA) is 90.3 Å². The highest BCUT2D eigenvalue weighted by atomic mass is 79.9. The number of halogens is 3. The monoisotopic (exact) mass is 713 g/mol. The third-order valence-corrected chi connectivity index (χ3v) is 9.42. The van der Waals surface area contributed by atoms with E-state index in [4.69, 9.17) is 31.2 Å². The molecule has 12 heteroatoms. The van der Waals surface area contributed by atoms with Crippen molar-refractivity contribution in [2.24, 2.45) is 0 Å².